The molecule has 26 heavy (non-hydrogen) atoms. The SMILES string of the molecule is O=Cc1cc(NS(=O)(=O)Cc2ccccc2)ccc1Sc1ccccc1. The quantitative estimate of drug-likeness (QED) is 0.606. The molecule has 0 fully saturated rings. The number of aldehydes is 1. The van der Waals surface area contributed by atoms with Gasteiger partial charge < -0.3 is 0 Å². The lowest BCUT2D eigenvalue weighted by Crippen LogP contribution is -2.15. The number of benzene rings is 3. The van der Waals surface area contributed by atoms with Crippen LogP contribution in [-0.4, -0.2) is 14.7 Å². The molecule has 0 amide bonds. The molecule has 0 unspecified atom stereocenters. The predicted octanol–water partition coefficient (Wildman–Crippen LogP) is 4.59. The van der Waals surface area contributed by atoms with Crippen LogP contribution < -0.4 is 4.72 Å². The Labute approximate surface area is 157 Å². The van der Waals surface area contributed by atoms with Crippen LogP contribution in [0.4, 0.5) is 5.69 Å². The van der Waals surface area contributed by atoms with Gasteiger partial charge in [-0.15, -0.1) is 0 Å². The molecule has 3 aromatic rings. The van der Waals surface area contributed by atoms with Crippen molar-refractivity contribution in [1.82, 2.24) is 0 Å². The number of hydrogen-bond donors (Lipinski definition) is 1. The van der Waals surface area contributed by atoms with E-state index >= 15 is 0 Å². The van der Waals surface area contributed by atoms with Crippen LogP contribution in [0.5, 0.6) is 0 Å². The average molecular weight is 383 g/mol. The van der Waals surface area contributed by atoms with Gasteiger partial charge in [0.25, 0.3) is 0 Å². The van der Waals surface area contributed by atoms with Crippen molar-refractivity contribution >= 4 is 33.8 Å². The van der Waals surface area contributed by atoms with Crippen LogP contribution in [0.1, 0.15) is 15.9 Å². The van der Waals surface area contributed by atoms with E-state index in [1.165, 1.54) is 11.8 Å². The van der Waals surface area contributed by atoms with Crippen LogP contribution >= 0.6 is 11.8 Å². The van der Waals surface area contributed by atoms with E-state index in [2.05, 4.69) is 4.72 Å². The number of sulfonamides is 1. The van der Waals surface area contributed by atoms with Gasteiger partial charge in [-0.2, -0.15) is 0 Å². The molecule has 0 spiro atoms. The van der Waals surface area contributed by atoms with Crippen molar-refractivity contribution in [1.29, 1.82) is 0 Å². The van der Waals surface area contributed by atoms with Crippen LogP contribution in [0.3, 0.4) is 0 Å². The summed E-state index contributed by atoms with van der Waals surface area (Å²) in [5.74, 6) is -0.120. The topological polar surface area (TPSA) is 63.2 Å². The normalized spacial score (nSPS) is 11.1. The lowest BCUT2D eigenvalue weighted by molar-refractivity contribution is 0.112. The third-order valence-electron chi connectivity index (χ3n) is 3.58. The number of carbonyl (C=O) groups is 1. The second kappa shape index (κ2) is 8.21. The van der Waals surface area contributed by atoms with Crippen LogP contribution in [0, 0.1) is 0 Å². The maximum atomic E-state index is 12.3. The minimum atomic E-state index is -3.56. The molecule has 3 aromatic carbocycles. The Morgan fingerprint density at radius 1 is 0.885 bits per heavy atom. The highest BCUT2D eigenvalue weighted by atomic mass is 32.2. The minimum absolute atomic E-state index is 0.120. The molecule has 0 bridgehead atoms. The number of carbonyl (C=O) groups excluding carboxylic acids is 1. The summed E-state index contributed by atoms with van der Waals surface area (Å²) in [6, 6.07) is 23.6. The van der Waals surface area contributed by atoms with E-state index in [9.17, 15) is 13.2 Å². The summed E-state index contributed by atoms with van der Waals surface area (Å²) >= 11 is 1.46. The fraction of sp³-hybridized carbons (Fsp3) is 0.0500. The van der Waals surface area contributed by atoms with E-state index < -0.39 is 10.0 Å². The molecule has 0 aliphatic carbocycles. The van der Waals surface area contributed by atoms with Gasteiger partial charge in [0.15, 0.2) is 6.29 Å². The Morgan fingerprint density at radius 3 is 2.19 bits per heavy atom. The highest BCUT2D eigenvalue weighted by Crippen LogP contribution is 2.31. The third-order valence-corrected chi connectivity index (χ3v) is 5.94. The second-order valence-corrected chi connectivity index (χ2v) is 8.47. The molecule has 0 saturated carbocycles. The van der Waals surface area contributed by atoms with Crippen molar-refractivity contribution in [3.63, 3.8) is 0 Å². The van der Waals surface area contributed by atoms with Crippen molar-refractivity contribution < 1.29 is 13.2 Å². The van der Waals surface area contributed by atoms with Crippen molar-refractivity contribution in [2.45, 2.75) is 15.5 Å². The average Bonchev–Trinajstić information content (AvgIpc) is 2.64. The van der Waals surface area contributed by atoms with Crippen molar-refractivity contribution in [2.24, 2.45) is 0 Å². The minimum Gasteiger partial charge on any atom is -0.298 e. The molecule has 132 valence electrons. The van der Waals surface area contributed by atoms with Gasteiger partial charge in [-0.25, -0.2) is 8.42 Å². The molecule has 0 saturated heterocycles. The van der Waals surface area contributed by atoms with Gasteiger partial charge in [-0.1, -0.05) is 60.3 Å². The Kier molecular flexibility index (Phi) is 5.75. The zero-order valence-electron chi connectivity index (χ0n) is 13.8. The first kappa shape index (κ1) is 18.2. The van der Waals surface area contributed by atoms with Crippen molar-refractivity contribution in [3.05, 3.63) is 90.0 Å². The molecule has 0 aliphatic heterocycles. The van der Waals surface area contributed by atoms with E-state index in [0.717, 1.165) is 16.1 Å². The monoisotopic (exact) mass is 383 g/mol. The third kappa shape index (κ3) is 4.97. The molecular weight excluding hydrogens is 366 g/mol. The molecule has 4 nitrogen and oxygen atoms in total. The number of nitrogens with one attached hydrogen (secondary N) is 1. The number of anilines is 1. The fourth-order valence-corrected chi connectivity index (χ4v) is 4.52. The van der Waals surface area contributed by atoms with Gasteiger partial charge in [0.2, 0.25) is 10.0 Å². The standard InChI is InChI=1S/C20H17NO3S2/c22-14-17-13-18(11-12-20(17)25-19-9-5-2-6-10-19)21-26(23,24)15-16-7-3-1-4-8-16/h1-14,21H,15H2. The van der Waals surface area contributed by atoms with Gasteiger partial charge in [0.1, 0.15) is 0 Å². The first-order chi connectivity index (χ1) is 12.6. The maximum Gasteiger partial charge on any atom is 0.236 e. The van der Waals surface area contributed by atoms with Crippen LogP contribution in [0.15, 0.2) is 88.7 Å². The van der Waals surface area contributed by atoms with Gasteiger partial charge >= 0.3 is 0 Å². The second-order valence-electron chi connectivity index (χ2n) is 5.63. The summed E-state index contributed by atoms with van der Waals surface area (Å²) in [5, 5.41) is 0. The molecule has 0 radical (unpaired) electrons. The number of hydrogen-bond acceptors (Lipinski definition) is 4. The summed E-state index contributed by atoms with van der Waals surface area (Å²) in [5.41, 5.74) is 1.52. The van der Waals surface area contributed by atoms with Crippen molar-refractivity contribution in [2.75, 3.05) is 4.72 Å². The zero-order chi connectivity index (χ0) is 18.4. The smallest absolute Gasteiger partial charge is 0.236 e. The molecule has 1 N–H and O–H groups in total. The van der Waals surface area contributed by atoms with Crippen LogP contribution in [0.2, 0.25) is 0 Å². The highest BCUT2D eigenvalue weighted by Gasteiger charge is 2.13. The lowest BCUT2D eigenvalue weighted by Gasteiger charge is -2.11. The molecule has 0 atom stereocenters. The first-order valence-electron chi connectivity index (χ1n) is 7.92. The van der Waals surface area contributed by atoms with Crippen molar-refractivity contribution in [3.8, 4) is 0 Å². The summed E-state index contributed by atoms with van der Waals surface area (Å²) in [6.45, 7) is 0. The first-order valence-corrected chi connectivity index (χ1v) is 10.4. The van der Waals surface area contributed by atoms with Gasteiger partial charge in [-0.3, -0.25) is 9.52 Å². The Morgan fingerprint density at radius 2 is 1.54 bits per heavy atom. The van der Waals surface area contributed by atoms with Gasteiger partial charge in [-0.05, 0) is 35.9 Å². The summed E-state index contributed by atoms with van der Waals surface area (Å²) < 4.78 is 27.2. The van der Waals surface area contributed by atoms with Crippen LogP contribution in [-0.2, 0) is 15.8 Å². The molecule has 6 heteroatoms. The van der Waals surface area contributed by atoms with E-state index in [1.807, 2.05) is 36.4 Å². The molecular formula is C20H17NO3S2. The zero-order valence-corrected chi connectivity index (χ0v) is 15.5. The van der Waals surface area contributed by atoms with Gasteiger partial charge in [0, 0.05) is 21.0 Å². The van der Waals surface area contributed by atoms with E-state index in [0.29, 0.717) is 16.8 Å². The summed E-state index contributed by atoms with van der Waals surface area (Å²) in [6.07, 6.45) is 0.736. The molecule has 3 rings (SSSR count). The Balaban J connectivity index is 1.77. The predicted molar refractivity (Wildman–Crippen MR) is 105 cm³/mol. The molecule has 0 heterocycles. The lowest BCUT2D eigenvalue weighted by atomic mass is 10.2. The van der Waals surface area contributed by atoms with Gasteiger partial charge in [0.05, 0.1) is 5.75 Å². The molecule has 0 aromatic heterocycles. The summed E-state index contributed by atoms with van der Waals surface area (Å²) in [7, 11) is -3.56. The number of rotatable bonds is 7. The fourth-order valence-electron chi connectivity index (χ4n) is 2.42. The Hall–Kier alpha value is -2.57. The summed E-state index contributed by atoms with van der Waals surface area (Å²) in [4.78, 5) is 13.2. The Bertz CT molecular complexity index is 988. The largest absolute Gasteiger partial charge is 0.298 e. The van der Waals surface area contributed by atoms with E-state index in [4.69, 9.17) is 0 Å². The van der Waals surface area contributed by atoms with E-state index in [-0.39, 0.29) is 5.75 Å². The maximum absolute atomic E-state index is 12.3. The van der Waals surface area contributed by atoms with Crippen LogP contribution in [0.25, 0.3) is 0 Å². The molecule has 0 aliphatic rings. The van der Waals surface area contributed by atoms with E-state index in [1.54, 1.807) is 42.5 Å². The highest BCUT2D eigenvalue weighted by molar-refractivity contribution is 7.99.